The number of nitrogens with one attached hydrogen (secondary N) is 1. The molecule has 1 aromatic heterocycles. The quantitative estimate of drug-likeness (QED) is 0.762. The van der Waals surface area contributed by atoms with Crippen molar-refractivity contribution in [1.82, 2.24) is 4.31 Å². The zero-order valence-electron chi connectivity index (χ0n) is 16.3. The Hall–Kier alpha value is -2.32. The first-order chi connectivity index (χ1) is 13.5. The Morgan fingerprint density at radius 1 is 1.14 bits per heavy atom. The predicted molar refractivity (Wildman–Crippen MR) is 109 cm³/mol. The van der Waals surface area contributed by atoms with E-state index in [1.165, 1.54) is 23.3 Å². The van der Waals surface area contributed by atoms with Crippen LogP contribution >= 0.6 is 0 Å². The Morgan fingerprint density at radius 3 is 2.46 bits per heavy atom. The number of amides is 1. The molecule has 2 aromatic rings. The van der Waals surface area contributed by atoms with Gasteiger partial charge in [-0.25, -0.2) is 8.42 Å². The summed E-state index contributed by atoms with van der Waals surface area (Å²) in [6.45, 7) is 6.18. The van der Waals surface area contributed by atoms with Gasteiger partial charge in [0, 0.05) is 26.2 Å². The first kappa shape index (κ1) is 20.4. The average molecular weight is 406 g/mol. The van der Waals surface area contributed by atoms with E-state index in [4.69, 9.17) is 4.42 Å². The van der Waals surface area contributed by atoms with Gasteiger partial charge in [-0.1, -0.05) is 13.8 Å². The van der Waals surface area contributed by atoms with Crippen LogP contribution in [0.1, 0.15) is 43.5 Å². The normalized spacial score (nSPS) is 15.0. The lowest BCUT2D eigenvalue weighted by atomic mass is 10.1. The fourth-order valence-corrected chi connectivity index (χ4v) is 4.97. The average Bonchev–Trinajstić information content (AvgIpc) is 3.24. The zero-order chi connectivity index (χ0) is 20.1. The lowest BCUT2D eigenvalue weighted by Gasteiger charge is -2.31. The van der Waals surface area contributed by atoms with E-state index in [1.807, 2.05) is 13.8 Å². The molecule has 1 aromatic carbocycles. The molecule has 0 spiro atoms. The molecule has 1 N–H and O–H groups in total. The number of hydrogen-bond acceptors (Lipinski definition) is 5. The summed E-state index contributed by atoms with van der Waals surface area (Å²) in [5.41, 5.74) is 1.73. The number of hydrogen-bond donors (Lipinski definition) is 1. The molecule has 152 valence electrons. The summed E-state index contributed by atoms with van der Waals surface area (Å²) >= 11 is 0. The van der Waals surface area contributed by atoms with Crippen molar-refractivity contribution >= 4 is 27.3 Å². The number of rotatable bonds is 7. The van der Waals surface area contributed by atoms with Gasteiger partial charge in [-0.15, -0.1) is 0 Å². The SMILES string of the molecule is CCN(CC)S(=O)(=O)c1ccc(N2CCCCC2)c(NC(=O)c2ccoc2)c1. The minimum Gasteiger partial charge on any atom is -0.472 e. The maximum atomic E-state index is 12.9. The van der Waals surface area contributed by atoms with Crippen molar-refractivity contribution in [3.63, 3.8) is 0 Å². The first-order valence-electron chi connectivity index (χ1n) is 9.70. The minimum atomic E-state index is -3.62. The van der Waals surface area contributed by atoms with Gasteiger partial charge >= 0.3 is 0 Å². The summed E-state index contributed by atoms with van der Waals surface area (Å²) in [6.07, 6.45) is 6.14. The van der Waals surface area contributed by atoms with Gasteiger partial charge in [0.25, 0.3) is 5.91 Å². The summed E-state index contributed by atoms with van der Waals surface area (Å²) in [7, 11) is -3.62. The van der Waals surface area contributed by atoms with Crippen molar-refractivity contribution < 1.29 is 17.6 Å². The molecule has 8 heteroatoms. The molecule has 1 fully saturated rings. The van der Waals surface area contributed by atoms with Crippen LogP contribution in [0.15, 0.2) is 46.1 Å². The summed E-state index contributed by atoms with van der Waals surface area (Å²) < 4.78 is 32.3. The van der Waals surface area contributed by atoms with E-state index in [0.717, 1.165) is 31.6 Å². The number of anilines is 2. The van der Waals surface area contributed by atoms with Crippen LogP contribution in [0, 0.1) is 0 Å². The highest BCUT2D eigenvalue weighted by molar-refractivity contribution is 7.89. The number of carbonyl (C=O) groups excluding carboxylic acids is 1. The van der Waals surface area contributed by atoms with E-state index < -0.39 is 10.0 Å². The molecule has 0 bridgehead atoms. The fourth-order valence-electron chi connectivity index (χ4n) is 3.49. The third kappa shape index (κ3) is 4.23. The fraction of sp³-hybridized carbons (Fsp3) is 0.450. The maximum Gasteiger partial charge on any atom is 0.258 e. The highest BCUT2D eigenvalue weighted by atomic mass is 32.2. The van der Waals surface area contributed by atoms with E-state index >= 15 is 0 Å². The van der Waals surface area contributed by atoms with Gasteiger partial charge in [-0.05, 0) is 43.5 Å². The van der Waals surface area contributed by atoms with Crippen LogP contribution in [0.4, 0.5) is 11.4 Å². The topological polar surface area (TPSA) is 82.9 Å². The predicted octanol–water partition coefficient (Wildman–Crippen LogP) is 3.55. The molecular weight excluding hydrogens is 378 g/mol. The van der Waals surface area contributed by atoms with Crippen LogP contribution in [0.25, 0.3) is 0 Å². The lowest BCUT2D eigenvalue weighted by Crippen LogP contribution is -2.32. The van der Waals surface area contributed by atoms with Crippen LogP contribution < -0.4 is 10.2 Å². The Bertz CT molecular complexity index is 900. The smallest absolute Gasteiger partial charge is 0.258 e. The van der Waals surface area contributed by atoms with Crippen molar-refractivity contribution in [2.75, 3.05) is 36.4 Å². The van der Waals surface area contributed by atoms with Gasteiger partial charge in [-0.3, -0.25) is 4.79 Å². The molecule has 2 heterocycles. The molecule has 1 aliphatic heterocycles. The second-order valence-corrected chi connectivity index (χ2v) is 8.72. The van der Waals surface area contributed by atoms with Gasteiger partial charge in [0.05, 0.1) is 28.1 Å². The second kappa shape index (κ2) is 8.79. The number of furan rings is 1. The zero-order valence-corrected chi connectivity index (χ0v) is 17.2. The van der Waals surface area contributed by atoms with E-state index in [9.17, 15) is 13.2 Å². The summed E-state index contributed by atoms with van der Waals surface area (Å²) in [5, 5.41) is 2.87. The number of carbonyl (C=O) groups is 1. The molecule has 1 amide bonds. The monoisotopic (exact) mass is 405 g/mol. The molecule has 0 atom stereocenters. The summed E-state index contributed by atoms with van der Waals surface area (Å²) in [4.78, 5) is 14.9. The molecular formula is C20H27N3O4S. The van der Waals surface area contributed by atoms with E-state index in [1.54, 1.807) is 24.3 Å². The summed E-state index contributed by atoms with van der Waals surface area (Å²) in [5.74, 6) is -0.329. The highest BCUT2D eigenvalue weighted by Gasteiger charge is 2.25. The van der Waals surface area contributed by atoms with E-state index in [2.05, 4.69) is 10.2 Å². The molecule has 1 saturated heterocycles. The van der Waals surface area contributed by atoms with Crippen molar-refractivity contribution in [2.45, 2.75) is 38.0 Å². The molecule has 28 heavy (non-hydrogen) atoms. The number of sulfonamides is 1. The van der Waals surface area contributed by atoms with Gasteiger partial charge in [-0.2, -0.15) is 4.31 Å². The molecule has 3 rings (SSSR count). The minimum absolute atomic E-state index is 0.180. The molecule has 7 nitrogen and oxygen atoms in total. The second-order valence-electron chi connectivity index (χ2n) is 6.78. The number of piperidine rings is 1. The van der Waals surface area contributed by atoms with Crippen LogP contribution in [0.2, 0.25) is 0 Å². The van der Waals surface area contributed by atoms with Crippen molar-refractivity contribution in [1.29, 1.82) is 0 Å². The number of benzene rings is 1. The van der Waals surface area contributed by atoms with Crippen molar-refractivity contribution in [3.8, 4) is 0 Å². The first-order valence-corrected chi connectivity index (χ1v) is 11.1. The van der Waals surface area contributed by atoms with Crippen molar-refractivity contribution in [2.24, 2.45) is 0 Å². The Labute approximate surface area is 166 Å². The molecule has 0 saturated carbocycles. The standard InChI is InChI=1S/C20H27N3O4S/c1-3-23(4-2)28(25,26)17-8-9-19(22-11-6-5-7-12-22)18(14-17)21-20(24)16-10-13-27-15-16/h8-10,13-15H,3-7,11-12H2,1-2H3,(H,21,24). The van der Waals surface area contributed by atoms with Crippen LogP contribution in [-0.4, -0.2) is 44.8 Å². The van der Waals surface area contributed by atoms with Gasteiger partial charge < -0.3 is 14.6 Å². The molecule has 0 aliphatic carbocycles. The molecule has 0 radical (unpaired) electrons. The molecule has 1 aliphatic rings. The van der Waals surface area contributed by atoms with Gasteiger partial charge in [0.1, 0.15) is 6.26 Å². The summed E-state index contributed by atoms with van der Waals surface area (Å²) in [6, 6.07) is 6.57. The Kier molecular flexibility index (Phi) is 6.41. The highest BCUT2D eigenvalue weighted by Crippen LogP contribution is 2.32. The van der Waals surface area contributed by atoms with E-state index in [-0.39, 0.29) is 10.8 Å². The number of nitrogens with zero attached hydrogens (tertiary/aromatic N) is 2. The van der Waals surface area contributed by atoms with Gasteiger partial charge in [0.15, 0.2) is 0 Å². The van der Waals surface area contributed by atoms with E-state index in [0.29, 0.717) is 24.3 Å². The van der Waals surface area contributed by atoms with Crippen LogP contribution in [0.3, 0.4) is 0 Å². The molecule has 0 unspecified atom stereocenters. The van der Waals surface area contributed by atoms with Gasteiger partial charge in [0.2, 0.25) is 10.0 Å². The Balaban J connectivity index is 2.00. The van der Waals surface area contributed by atoms with Crippen molar-refractivity contribution in [3.05, 3.63) is 42.4 Å². The van der Waals surface area contributed by atoms with Crippen LogP contribution in [0.5, 0.6) is 0 Å². The van der Waals surface area contributed by atoms with Crippen LogP contribution in [-0.2, 0) is 10.0 Å². The lowest BCUT2D eigenvalue weighted by molar-refractivity contribution is 0.102. The third-order valence-electron chi connectivity index (χ3n) is 5.04. The third-order valence-corrected chi connectivity index (χ3v) is 7.09. The largest absolute Gasteiger partial charge is 0.472 e. The Morgan fingerprint density at radius 2 is 1.86 bits per heavy atom. The maximum absolute atomic E-state index is 12.9.